The molecule has 1 aliphatic carbocycles. The molecule has 0 aliphatic heterocycles. The number of nitrogens with one attached hydrogen (secondary N) is 2. The third-order valence-electron chi connectivity index (χ3n) is 4.23. The minimum absolute atomic E-state index is 0.0673. The fourth-order valence-corrected chi connectivity index (χ4v) is 3.54. The number of nitrogens with zero attached hydrogens (tertiary/aromatic N) is 3. The maximum absolute atomic E-state index is 12.2. The second kappa shape index (κ2) is 8.26. The van der Waals surface area contributed by atoms with Crippen molar-refractivity contribution in [2.75, 3.05) is 11.1 Å². The van der Waals surface area contributed by atoms with Crippen molar-refractivity contribution in [2.45, 2.75) is 23.9 Å². The van der Waals surface area contributed by atoms with Gasteiger partial charge in [0.1, 0.15) is 5.82 Å². The van der Waals surface area contributed by atoms with Crippen LogP contribution >= 0.6 is 11.8 Å². The van der Waals surface area contributed by atoms with Crippen LogP contribution in [0.25, 0.3) is 5.69 Å². The summed E-state index contributed by atoms with van der Waals surface area (Å²) in [7, 11) is 0. The molecule has 4 rings (SSSR count). The number of urea groups is 1. The molecule has 2 N–H and O–H groups in total. The summed E-state index contributed by atoms with van der Waals surface area (Å²) in [6.45, 7) is 0. The fourth-order valence-electron chi connectivity index (χ4n) is 2.78. The Hall–Kier alpha value is -3.13. The van der Waals surface area contributed by atoms with Crippen molar-refractivity contribution in [1.29, 1.82) is 0 Å². The van der Waals surface area contributed by atoms with Crippen molar-refractivity contribution in [3.8, 4) is 5.69 Å². The Balaban J connectivity index is 1.39. The van der Waals surface area contributed by atoms with Crippen LogP contribution in [0.15, 0.2) is 65.8 Å². The third kappa shape index (κ3) is 4.40. The first kappa shape index (κ1) is 18.2. The summed E-state index contributed by atoms with van der Waals surface area (Å²) in [6, 6.07) is 18.3. The summed E-state index contributed by atoms with van der Waals surface area (Å²) in [5.41, 5.74) is 1.59. The van der Waals surface area contributed by atoms with Gasteiger partial charge in [0, 0.05) is 17.3 Å². The lowest BCUT2D eigenvalue weighted by molar-refractivity contribution is -0.117. The topological polar surface area (TPSA) is 88.9 Å². The number of hydrogen-bond acceptors (Lipinski definition) is 5. The number of imide groups is 1. The summed E-state index contributed by atoms with van der Waals surface area (Å²) < 4.78 is 2.00. The van der Waals surface area contributed by atoms with Crippen molar-refractivity contribution in [3.63, 3.8) is 0 Å². The number of carbonyl (C=O) groups excluding carboxylic acids is 2. The van der Waals surface area contributed by atoms with Crippen LogP contribution in [-0.2, 0) is 4.79 Å². The van der Waals surface area contributed by atoms with Gasteiger partial charge in [0.15, 0.2) is 5.16 Å². The molecule has 0 unspecified atom stereocenters. The standard InChI is InChI=1S/C20H19N5O2S/c26-17(22-19(27)21-15-7-3-1-4-8-15)13-28-20-24-23-18(14-11-12-14)25(20)16-9-5-2-6-10-16/h1-10,14H,11-13H2,(H2,21,22,26,27). The predicted molar refractivity (Wildman–Crippen MR) is 108 cm³/mol. The fraction of sp³-hybridized carbons (Fsp3) is 0.200. The molecule has 7 nitrogen and oxygen atoms in total. The molecule has 8 heteroatoms. The maximum Gasteiger partial charge on any atom is 0.325 e. The molecule has 28 heavy (non-hydrogen) atoms. The first-order chi connectivity index (χ1) is 13.7. The second-order valence-corrected chi connectivity index (χ2v) is 7.39. The van der Waals surface area contributed by atoms with Crippen LogP contribution in [0.4, 0.5) is 10.5 Å². The molecule has 0 spiro atoms. The normalized spacial score (nSPS) is 13.1. The van der Waals surface area contributed by atoms with Crippen LogP contribution in [0, 0.1) is 0 Å². The molecule has 1 heterocycles. The zero-order valence-corrected chi connectivity index (χ0v) is 15.9. The Labute approximate surface area is 166 Å². The summed E-state index contributed by atoms with van der Waals surface area (Å²) in [6.07, 6.45) is 2.21. The molecular weight excluding hydrogens is 374 g/mol. The molecular formula is C20H19N5O2S. The van der Waals surface area contributed by atoms with E-state index in [2.05, 4.69) is 20.8 Å². The van der Waals surface area contributed by atoms with Crippen molar-refractivity contribution in [3.05, 3.63) is 66.5 Å². The number of para-hydroxylation sites is 2. The number of hydrogen-bond donors (Lipinski definition) is 2. The minimum atomic E-state index is -0.556. The van der Waals surface area contributed by atoms with Crippen molar-refractivity contribution in [1.82, 2.24) is 20.1 Å². The van der Waals surface area contributed by atoms with E-state index in [1.165, 1.54) is 11.8 Å². The number of rotatable bonds is 6. The molecule has 1 aliphatic rings. The Morgan fingerprint density at radius 1 is 1.00 bits per heavy atom. The number of amides is 3. The quantitative estimate of drug-likeness (QED) is 0.625. The van der Waals surface area contributed by atoms with E-state index in [4.69, 9.17) is 0 Å². The highest BCUT2D eigenvalue weighted by Gasteiger charge is 2.31. The van der Waals surface area contributed by atoms with Gasteiger partial charge in [0.2, 0.25) is 5.91 Å². The van der Waals surface area contributed by atoms with Gasteiger partial charge in [-0.15, -0.1) is 10.2 Å². The number of benzene rings is 2. The van der Waals surface area contributed by atoms with E-state index in [0.717, 1.165) is 24.4 Å². The van der Waals surface area contributed by atoms with Crippen LogP contribution < -0.4 is 10.6 Å². The summed E-state index contributed by atoms with van der Waals surface area (Å²) in [4.78, 5) is 24.1. The number of carbonyl (C=O) groups is 2. The van der Waals surface area contributed by atoms with Crippen molar-refractivity contribution in [2.24, 2.45) is 0 Å². The van der Waals surface area contributed by atoms with Crippen LogP contribution in [0.5, 0.6) is 0 Å². The number of aromatic nitrogens is 3. The first-order valence-corrected chi connectivity index (χ1v) is 9.98. The van der Waals surface area contributed by atoms with Crippen LogP contribution in [0.1, 0.15) is 24.6 Å². The SMILES string of the molecule is O=C(CSc1nnc(C2CC2)n1-c1ccccc1)NC(=O)Nc1ccccc1. The average Bonchev–Trinajstić information content (AvgIpc) is 3.47. The zero-order chi connectivity index (χ0) is 19.3. The average molecular weight is 393 g/mol. The smallest absolute Gasteiger partial charge is 0.308 e. The Morgan fingerprint density at radius 2 is 1.68 bits per heavy atom. The molecule has 1 aromatic heterocycles. The lowest BCUT2D eigenvalue weighted by Crippen LogP contribution is -2.35. The summed E-state index contributed by atoms with van der Waals surface area (Å²) in [5, 5.41) is 14.2. The highest BCUT2D eigenvalue weighted by Crippen LogP contribution is 2.41. The molecule has 2 aromatic carbocycles. The largest absolute Gasteiger partial charge is 0.325 e. The van der Waals surface area contributed by atoms with Gasteiger partial charge in [-0.3, -0.25) is 14.7 Å². The highest BCUT2D eigenvalue weighted by atomic mass is 32.2. The van der Waals surface area contributed by atoms with E-state index in [1.54, 1.807) is 24.3 Å². The van der Waals surface area contributed by atoms with Crippen LogP contribution in [0.3, 0.4) is 0 Å². The number of thioether (sulfide) groups is 1. The summed E-state index contributed by atoms with van der Waals surface area (Å²) in [5.74, 6) is 1.02. The maximum atomic E-state index is 12.2. The molecule has 3 aromatic rings. The van der Waals surface area contributed by atoms with Crippen LogP contribution in [0.2, 0.25) is 0 Å². The van der Waals surface area contributed by atoms with E-state index in [9.17, 15) is 9.59 Å². The van der Waals surface area contributed by atoms with Crippen molar-refractivity contribution < 1.29 is 9.59 Å². The molecule has 0 atom stereocenters. The van der Waals surface area contributed by atoms with E-state index in [1.807, 2.05) is 41.0 Å². The van der Waals surface area contributed by atoms with Gasteiger partial charge in [0.25, 0.3) is 0 Å². The first-order valence-electron chi connectivity index (χ1n) is 9.00. The van der Waals surface area contributed by atoms with Gasteiger partial charge in [0.05, 0.1) is 5.75 Å². The second-order valence-electron chi connectivity index (χ2n) is 6.44. The summed E-state index contributed by atoms with van der Waals surface area (Å²) >= 11 is 1.26. The van der Waals surface area contributed by atoms with Gasteiger partial charge in [-0.25, -0.2) is 4.79 Å². The van der Waals surface area contributed by atoms with Gasteiger partial charge in [-0.05, 0) is 37.1 Å². The van der Waals surface area contributed by atoms with E-state index < -0.39 is 11.9 Å². The molecule has 1 fully saturated rings. The predicted octanol–water partition coefficient (Wildman–Crippen LogP) is 3.59. The van der Waals surface area contributed by atoms with Gasteiger partial charge >= 0.3 is 6.03 Å². The van der Waals surface area contributed by atoms with Crippen LogP contribution in [-0.4, -0.2) is 32.5 Å². The molecule has 3 amide bonds. The van der Waals surface area contributed by atoms with E-state index >= 15 is 0 Å². The Kier molecular flexibility index (Phi) is 5.38. The zero-order valence-electron chi connectivity index (χ0n) is 15.0. The molecule has 0 bridgehead atoms. The Morgan fingerprint density at radius 3 is 2.36 bits per heavy atom. The van der Waals surface area contributed by atoms with Gasteiger partial charge in [-0.1, -0.05) is 48.2 Å². The monoisotopic (exact) mass is 393 g/mol. The van der Waals surface area contributed by atoms with Gasteiger partial charge < -0.3 is 5.32 Å². The lowest BCUT2D eigenvalue weighted by Gasteiger charge is -2.10. The van der Waals surface area contributed by atoms with E-state index in [-0.39, 0.29) is 5.75 Å². The number of anilines is 1. The molecule has 1 saturated carbocycles. The third-order valence-corrected chi connectivity index (χ3v) is 5.16. The minimum Gasteiger partial charge on any atom is -0.308 e. The van der Waals surface area contributed by atoms with Crippen molar-refractivity contribution >= 4 is 29.4 Å². The molecule has 0 saturated heterocycles. The van der Waals surface area contributed by atoms with E-state index in [0.29, 0.717) is 16.8 Å². The molecule has 0 radical (unpaired) electrons. The lowest BCUT2D eigenvalue weighted by atomic mass is 10.3. The molecule has 142 valence electrons. The Bertz CT molecular complexity index is 971. The highest BCUT2D eigenvalue weighted by molar-refractivity contribution is 7.99. The van der Waals surface area contributed by atoms with Gasteiger partial charge in [-0.2, -0.15) is 0 Å².